The summed E-state index contributed by atoms with van der Waals surface area (Å²) in [7, 11) is 0. The van der Waals surface area contributed by atoms with E-state index in [2.05, 4.69) is 22.3 Å². The third-order valence-electron chi connectivity index (χ3n) is 6.99. The second kappa shape index (κ2) is 17.5. The molecule has 45 heavy (non-hydrogen) atoms. The molecule has 4 nitrogen and oxygen atoms in total. The summed E-state index contributed by atoms with van der Waals surface area (Å²) in [6.45, 7) is 6.05. The third-order valence-corrected chi connectivity index (χ3v) is 10.7. The molecule has 1 N–H and O–H groups in total. The molecule has 230 valence electrons. The fourth-order valence-corrected chi connectivity index (χ4v) is 6.23. The molecule has 0 aliphatic rings. The van der Waals surface area contributed by atoms with Gasteiger partial charge in [-0.25, -0.2) is 0 Å². The summed E-state index contributed by atoms with van der Waals surface area (Å²) in [5.74, 6) is 0. The standard InChI is InChI=1S/C21H17AsCl3NO.C14H13AsClNO/c1-14-2-3-15(10-20(14)24)12-26(18-7-5-17(22-27)6-8-18)13-16-4-9-19(23)21(25)11-16;1-10-2-3-11(8-14(10)16)9-17-13-6-4-12(15-18)5-7-13/h2-11H,12-13H2,1H3;2-8,17H,9H2,1H3. The second-order valence-electron chi connectivity index (χ2n) is 10.4. The van der Waals surface area contributed by atoms with Gasteiger partial charge in [0.2, 0.25) is 0 Å². The Hall–Kier alpha value is -2.42. The van der Waals surface area contributed by atoms with Crippen molar-refractivity contribution in [3.63, 3.8) is 0 Å². The fourth-order valence-electron chi connectivity index (χ4n) is 4.37. The van der Waals surface area contributed by atoms with E-state index in [4.69, 9.17) is 46.4 Å². The Kier molecular flexibility index (Phi) is 13.8. The molecular weight excluding hydrogens is 772 g/mol. The average molecular weight is 802 g/mol. The normalized spacial score (nSPS) is 10.8. The molecule has 0 saturated heterocycles. The Bertz CT molecular complexity index is 1710. The zero-order valence-electron chi connectivity index (χ0n) is 24.6. The predicted molar refractivity (Wildman–Crippen MR) is 191 cm³/mol. The van der Waals surface area contributed by atoms with Gasteiger partial charge in [0.15, 0.2) is 0 Å². The van der Waals surface area contributed by atoms with Crippen LogP contribution in [0.15, 0.2) is 103 Å². The van der Waals surface area contributed by atoms with Crippen molar-refractivity contribution in [1.29, 1.82) is 0 Å². The van der Waals surface area contributed by atoms with Crippen molar-refractivity contribution in [2.75, 3.05) is 10.2 Å². The van der Waals surface area contributed by atoms with Crippen LogP contribution in [0, 0.1) is 13.8 Å². The number of rotatable bonds is 10. The van der Waals surface area contributed by atoms with Crippen LogP contribution in [0.1, 0.15) is 27.8 Å². The van der Waals surface area contributed by atoms with E-state index in [9.17, 15) is 7.48 Å². The van der Waals surface area contributed by atoms with Gasteiger partial charge < -0.3 is 0 Å². The van der Waals surface area contributed by atoms with Crippen LogP contribution in [0.5, 0.6) is 0 Å². The molecule has 0 fully saturated rings. The number of nitrogens with one attached hydrogen (secondary N) is 1. The third kappa shape index (κ3) is 10.8. The summed E-state index contributed by atoms with van der Waals surface area (Å²) in [6.07, 6.45) is 0. The second-order valence-corrected chi connectivity index (χ2v) is 14.9. The Morgan fingerprint density at radius 1 is 0.556 bits per heavy atom. The van der Waals surface area contributed by atoms with Gasteiger partial charge in [0.05, 0.1) is 0 Å². The zero-order valence-corrected chi connectivity index (χ0v) is 31.4. The van der Waals surface area contributed by atoms with Crippen molar-refractivity contribution in [3.8, 4) is 0 Å². The molecule has 0 unspecified atom stereocenters. The van der Waals surface area contributed by atoms with Crippen LogP contribution < -0.4 is 18.9 Å². The first-order valence-electron chi connectivity index (χ1n) is 13.9. The molecule has 5 aromatic carbocycles. The van der Waals surface area contributed by atoms with Gasteiger partial charge in [-0.1, -0.05) is 0 Å². The van der Waals surface area contributed by atoms with Gasteiger partial charge in [-0.15, -0.1) is 0 Å². The van der Waals surface area contributed by atoms with E-state index < -0.39 is 31.4 Å². The molecule has 10 heteroatoms. The number of hydrogen-bond donors (Lipinski definition) is 1. The Balaban J connectivity index is 0.000000222. The molecule has 0 saturated carbocycles. The summed E-state index contributed by atoms with van der Waals surface area (Å²) in [4.78, 5) is 2.23. The molecule has 0 aromatic heterocycles. The first-order valence-corrected chi connectivity index (χ1v) is 18.9. The molecule has 0 aliphatic carbocycles. The first-order chi connectivity index (χ1) is 21.6. The average Bonchev–Trinajstić information content (AvgIpc) is 3.05. The van der Waals surface area contributed by atoms with Gasteiger partial charge in [0.1, 0.15) is 0 Å². The Labute approximate surface area is 297 Å². The molecule has 0 radical (unpaired) electrons. The molecule has 0 amide bonds. The Morgan fingerprint density at radius 2 is 1.02 bits per heavy atom. The van der Waals surface area contributed by atoms with Crippen molar-refractivity contribution in [1.82, 2.24) is 0 Å². The Morgan fingerprint density at radius 3 is 1.53 bits per heavy atom. The summed E-state index contributed by atoms with van der Waals surface area (Å²) in [6, 6.07) is 33.3. The number of anilines is 2. The van der Waals surface area contributed by atoms with Gasteiger partial charge in [0.25, 0.3) is 0 Å². The predicted octanol–water partition coefficient (Wildman–Crippen LogP) is 8.77. The SMILES string of the molecule is Cc1ccc(CN(Cc2ccc(Cl)c(Cl)c2)c2ccc([As]=O)cc2)cc1Cl.Cc1ccc(CNc2ccc([As]=O)cc2)cc1Cl. The fraction of sp³-hybridized carbons (Fsp3) is 0.143. The van der Waals surface area contributed by atoms with Crippen molar-refractivity contribution in [2.45, 2.75) is 33.5 Å². The summed E-state index contributed by atoms with van der Waals surface area (Å²) in [5, 5.41) is 5.94. The van der Waals surface area contributed by atoms with E-state index in [1.807, 2.05) is 105 Å². The quantitative estimate of drug-likeness (QED) is 0.144. The van der Waals surface area contributed by atoms with E-state index in [1.54, 1.807) is 0 Å². The molecule has 0 aliphatic heterocycles. The van der Waals surface area contributed by atoms with E-state index >= 15 is 0 Å². The molecular formula is C35H30As2Cl4N2O2. The van der Waals surface area contributed by atoms with Gasteiger partial charge in [-0.2, -0.15) is 0 Å². The summed E-state index contributed by atoms with van der Waals surface area (Å²) in [5.41, 5.74) is 7.51. The van der Waals surface area contributed by atoms with Crippen LogP contribution in [0.25, 0.3) is 0 Å². The van der Waals surface area contributed by atoms with Crippen LogP contribution in [0.2, 0.25) is 20.1 Å². The van der Waals surface area contributed by atoms with Gasteiger partial charge >= 0.3 is 300 Å². The number of aryl methyl sites for hydroxylation is 2. The molecule has 5 aromatic rings. The first kappa shape index (κ1) is 35.4. The number of benzene rings is 5. The van der Waals surface area contributed by atoms with E-state index in [0.29, 0.717) is 23.1 Å². The van der Waals surface area contributed by atoms with Crippen molar-refractivity contribution in [2.24, 2.45) is 0 Å². The van der Waals surface area contributed by atoms with E-state index in [-0.39, 0.29) is 0 Å². The number of nitrogens with zero attached hydrogens (tertiary/aromatic N) is 1. The minimum absolute atomic E-state index is 0.540. The minimum atomic E-state index is -1.02. The van der Waals surface area contributed by atoms with Gasteiger partial charge in [0, 0.05) is 0 Å². The molecule has 5 rings (SSSR count). The van der Waals surface area contributed by atoms with Crippen molar-refractivity contribution < 1.29 is 7.48 Å². The maximum atomic E-state index is 11.2. The number of halogens is 4. The topological polar surface area (TPSA) is 49.4 Å². The zero-order chi connectivity index (χ0) is 32.3. The van der Waals surface area contributed by atoms with E-state index in [1.165, 1.54) is 0 Å². The van der Waals surface area contributed by atoms with Crippen LogP contribution in [0.3, 0.4) is 0 Å². The van der Waals surface area contributed by atoms with Crippen molar-refractivity contribution in [3.05, 3.63) is 151 Å². The molecule has 0 spiro atoms. The van der Waals surface area contributed by atoms with Crippen LogP contribution in [-0.2, 0) is 27.1 Å². The van der Waals surface area contributed by atoms with Crippen LogP contribution >= 0.6 is 46.4 Å². The molecule has 0 atom stereocenters. The number of hydrogen-bond acceptors (Lipinski definition) is 4. The van der Waals surface area contributed by atoms with Crippen LogP contribution in [0.4, 0.5) is 11.4 Å². The summed E-state index contributed by atoms with van der Waals surface area (Å²) >= 11 is 22.7. The monoisotopic (exact) mass is 800 g/mol. The van der Waals surface area contributed by atoms with Gasteiger partial charge in [-0.3, -0.25) is 0 Å². The van der Waals surface area contributed by atoms with Crippen LogP contribution in [-0.4, -0.2) is 31.4 Å². The van der Waals surface area contributed by atoms with E-state index in [0.717, 1.165) is 64.5 Å². The maximum absolute atomic E-state index is 11.2. The molecule has 0 heterocycles. The van der Waals surface area contributed by atoms with Crippen molar-refractivity contribution >= 4 is 97.9 Å². The van der Waals surface area contributed by atoms with Gasteiger partial charge in [-0.05, 0) is 0 Å². The molecule has 0 bridgehead atoms. The summed E-state index contributed by atoms with van der Waals surface area (Å²) < 4.78 is 23.7.